The maximum absolute atomic E-state index is 5.33. The molecule has 0 unspecified atom stereocenters. The minimum Gasteiger partial charge on any atom is -0.245 e. The summed E-state index contributed by atoms with van der Waals surface area (Å²) in [6.45, 7) is 0. The molecular weight excluding hydrogens is 577 g/mol. The summed E-state index contributed by atoms with van der Waals surface area (Å²) in [4.78, 5) is 13.0. The van der Waals surface area contributed by atoms with E-state index in [0.717, 1.165) is 44.3 Å². The topological polar surface area (TPSA) is 25.8 Å². The third-order valence-electron chi connectivity index (χ3n) is 9.19. The van der Waals surface area contributed by atoms with Gasteiger partial charge in [0, 0.05) is 31.7 Å². The van der Waals surface area contributed by atoms with Gasteiger partial charge in [0.05, 0.1) is 27.8 Å². The highest BCUT2D eigenvalue weighted by Crippen LogP contribution is 2.56. The van der Waals surface area contributed by atoms with Gasteiger partial charge in [0.2, 0.25) is 0 Å². The van der Waals surface area contributed by atoms with Gasteiger partial charge in [-0.1, -0.05) is 151 Å². The van der Waals surface area contributed by atoms with Gasteiger partial charge in [-0.3, -0.25) is 0 Å². The van der Waals surface area contributed by atoms with E-state index >= 15 is 0 Å². The number of benzene rings is 6. The van der Waals surface area contributed by atoms with Gasteiger partial charge in [-0.05, 0) is 52.6 Å². The second-order valence-electron chi connectivity index (χ2n) is 11.8. The van der Waals surface area contributed by atoms with Crippen molar-refractivity contribution < 1.29 is 0 Å². The summed E-state index contributed by atoms with van der Waals surface area (Å²) in [6.07, 6.45) is 0. The lowest BCUT2D eigenvalue weighted by Crippen LogP contribution is -2.34. The summed E-state index contributed by atoms with van der Waals surface area (Å²) in [7, 11) is 0. The minimum atomic E-state index is -0.481. The van der Waals surface area contributed by atoms with Crippen molar-refractivity contribution in [2.45, 2.75) is 15.2 Å². The Morgan fingerprint density at radius 3 is 1.52 bits per heavy atom. The van der Waals surface area contributed by atoms with Crippen molar-refractivity contribution >= 4 is 33.6 Å². The predicted molar refractivity (Wildman–Crippen MR) is 190 cm³/mol. The van der Waals surface area contributed by atoms with Crippen LogP contribution in [0.3, 0.4) is 0 Å². The van der Waals surface area contributed by atoms with Crippen molar-refractivity contribution in [1.82, 2.24) is 9.97 Å². The van der Waals surface area contributed by atoms with E-state index in [4.69, 9.17) is 9.97 Å². The largest absolute Gasteiger partial charge is 0.245 e. The van der Waals surface area contributed by atoms with Gasteiger partial charge >= 0.3 is 0 Å². The molecule has 0 spiro atoms. The molecule has 0 N–H and O–H groups in total. The van der Waals surface area contributed by atoms with E-state index in [1.165, 1.54) is 32.0 Å². The van der Waals surface area contributed by atoms with Crippen LogP contribution in [0.25, 0.3) is 44.3 Å². The lowest BCUT2D eigenvalue weighted by atomic mass is 9.64. The molecule has 0 amide bonds. The van der Waals surface area contributed by atoms with Crippen LogP contribution in [0, 0.1) is 0 Å². The highest BCUT2D eigenvalue weighted by molar-refractivity contribution is 7.99. The zero-order chi connectivity index (χ0) is 30.5. The van der Waals surface area contributed by atoms with Crippen LogP contribution < -0.4 is 0 Å². The summed E-state index contributed by atoms with van der Waals surface area (Å²) in [6, 6.07) is 60.9. The van der Waals surface area contributed by atoms with Crippen LogP contribution in [0.2, 0.25) is 0 Å². The van der Waals surface area contributed by atoms with Gasteiger partial charge in [-0.2, -0.15) is 0 Å². The molecule has 0 fully saturated rings. The van der Waals surface area contributed by atoms with Crippen LogP contribution >= 0.6 is 11.8 Å². The molecule has 0 saturated heterocycles. The quantitative estimate of drug-likeness (QED) is 0.187. The van der Waals surface area contributed by atoms with E-state index in [9.17, 15) is 0 Å². The molecule has 0 atom stereocenters. The molecule has 46 heavy (non-hydrogen) atoms. The molecule has 216 valence electrons. The number of fused-ring (bicyclic) bond motifs is 5. The average molecular weight is 605 g/mol. The molecule has 1 aliphatic rings. The third-order valence-corrected chi connectivity index (χ3v) is 10.3. The second kappa shape index (κ2) is 10.8. The first kappa shape index (κ1) is 26.9. The standard InChI is InChI=1S/C43H28N2S/c1-4-12-29(13-5-1)37-25-22-30-20-21-31-23-26-38(45-42(31)41(30)44-37)32-24-27-40-36(28-32)43(33-14-6-2-7-15-33,34-16-8-3-9-17-34)35-18-10-11-19-39(35)46-40/h1-28H. The van der Waals surface area contributed by atoms with Crippen molar-refractivity contribution in [1.29, 1.82) is 0 Å². The zero-order valence-corrected chi connectivity index (χ0v) is 25.8. The molecule has 8 aromatic rings. The Balaban J connectivity index is 1.28. The lowest BCUT2D eigenvalue weighted by Gasteiger charge is -2.42. The van der Waals surface area contributed by atoms with Crippen LogP contribution in [0.1, 0.15) is 22.3 Å². The van der Waals surface area contributed by atoms with E-state index in [1.807, 2.05) is 17.8 Å². The smallest absolute Gasteiger partial charge is 0.0972 e. The third kappa shape index (κ3) is 4.20. The maximum atomic E-state index is 5.33. The summed E-state index contributed by atoms with van der Waals surface area (Å²) in [5.41, 5.74) is 10.5. The van der Waals surface area contributed by atoms with Crippen LogP contribution in [0.5, 0.6) is 0 Å². The van der Waals surface area contributed by atoms with Crippen molar-refractivity contribution in [2.75, 3.05) is 0 Å². The van der Waals surface area contributed by atoms with Crippen molar-refractivity contribution in [3.05, 3.63) is 192 Å². The number of pyridine rings is 2. The van der Waals surface area contributed by atoms with Crippen molar-refractivity contribution in [2.24, 2.45) is 0 Å². The summed E-state index contributed by atoms with van der Waals surface area (Å²) >= 11 is 1.85. The Morgan fingerprint density at radius 1 is 0.391 bits per heavy atom. The average Bonchev–Trinajstić information content (AvgIpc) is 3.14. The fraction of sp³-hybridized carbons (Fsp3) is 0.0233. The summed E-state index contributed by atoms with van der Waals surface area (Å²) < 4.78 is 0. The van der Waals surface area contributed by atoms with E-state index in [0.29, 0.717) is 0 Å². The SMILES string of the molecule is c1ccc(-c2ccc3ccc4ccc(-c5ccc6c(c5)C(c5ccccc5)(c5ccccc5)c5ccccc5S6)nc4c3n2)cc1. The monoisotopic (exact) mass is 604 g/mol. The van der Waals surface area contributed by atoms with E-state index < -0.39 is 5.41 Å². The normalized spacial score (nSPS) is 13.3. The molecule has 6 aromatic carbocycles. The maximum Gasteiger partial charge on any atom is 0.0972 e. The summed E-state index contributed by atoms with van der Waals surface area (Å²) in [5, 5.41) is 2.17. The number of aromatic nitrogens is 2. The highest BCUT2D eigenvalue weighted by Gasteiger charge is 2.44. The molecule has 0 bridgehead atoms. The molecule has 2 nitrogen and oxygen atoms in total. The Bertz CT molecular complexity index is 2350. The first-order chi connectivity index (χ1) is 22.8. The Hall–Kier alpha value is -5.51. The second-order valence-corrected chi connectivity index (χ2v) is 12.8. The number of nitrogens with zero attached hydrogens (tertiary/aromatic N) is 2. The van der Waals surface area contributed by atoms with Gasteiger partial charge < -0.3 is 0 Å². The van der Waals surface area contributed by atoms with Crippen LogP contribution in [0.15, 0.2) is 180 Å². The van der Waals surface area contributed by atoms with E-state index in [1.54, 1.807) is 0 Å². The molecule has 1 aliphatic heterocycles. The molecule has 3 heteroatoms. The Kier molecular flexibility index (Phi) is 6.32. The molecular formula is C43H28N2S. The van der Waals surface area contributed by atoms with Crippen LogP contribution in [0.4, 0.5) is 0 Å². The van der Waals surface area contributed by atoms with E-state index in [2.05, 4.69) is 164 Å². The predicted octanol–water partition coefficient (Wildman–Crippen LogP) is 11.0. The summed E-state index contributed by atoms with van der Waals surface area (Å²) in [5.74, 6) is 0. The fourth-order valence-corrected chi connectivity index (χ4v) is 8.24. The van der Waals surface area contributed by atoms with Gasteiger partial charge in [-0.15, -0.1) is 0 Å². The molecule has 3 heterocycles. The zero-order valence-electron chi connectivity index (χ0n) is 25.0. The first-order valence-electron chi connectivity index (χ1n) is 15.6. The number of rotatable bonds is 4. The van der Waals surface area contributed by atoms with Gasteiger partial charge in [0.25, 0.3) is 0 Å². The van der Waals surface area contributed by atoms with E-state index in [-0.39, 0.29) is 0 Å². The van der Waals surface area contributed by atoms with Gasteiger partial charge in [0.1, 0.15) is 0 Å². The van der Waals surface area contributed by atoms with Gasteiger partial charge in [0.15, 0.2) is 0 Å². The molecule has 2 aromatic heterocycles. The minimum absolute atomic E-state index is 0.481. The Morgan fingerprint density at radius 2 is 0.891 bits per heavy atom. The fourth-order valence-electron chi connectivity index (χ4n) is 7.06. The van der Waals surface area contributed by atoms with Crippen molar-refractivity contribution in [3.63, 3.8) is 0 Å². The van der Waals surface area contributed by atoms with Crippen molar-refractivity contribution in [3.8, 4) is 22.5 Å². The molecule has 0 aliphatic carbocycles. The Labute approximate surface area is 272 Å². The highest BCUT2D eigenvalue weighted by atomic mass is 32.2. The molecule has 0 saturated carbocycles. The number of hydrogen-bond donors (Lipinski definition) is 0. The first-order valence-corrected chi connectivity index (χ1v) is 16.4. The molecule has 9 rings (SSSR count). The van der Waals surface area contributed by atoms with Crippen LogP contribution in [-0.4, -0.2) is 9.97 Å². The number of hydrogen-bond acceptors (Lipinski definition) is 3. The van der Waals surface area contributed by atoms with Crippen LogP contribution in [-0.2, 0) is 5.41 Å². The lowest BCUT2D eigenvalue weighted by molar-refractivity contribution is 0.703. The van der Waals surface area contributed by atoms with Gasteiger partial charge in [-0.25, -0.2) is 9.97 Å². The molecule has 0 radical (unpaired) electrons.